The molecular weight excluding hydrogens is 414 g/mol. The van der Waals surface area contributed by atoms with E-state index in [2.05, 4.69) is 32.7 Å². The molecule has 0 aliphatic carbocycles. The van der Waals surface area contributed by atoms with Crippen LogP contribution in [0.4, 0.5) is 0 Å². The van der Waals surface area contributed by atoms with Gasteiger partial charge < -0.3 is 14.7 Å². The Morgan fingerprint density at radius 3 is 2.96 bits per heavy atom. The molecule has 5 nitrogen and oxygen atoms in total. The van der Waals surface area contributed by atoms with Crippen molar-refractivity contribution in [3.8, 4) is 11.5 Å². The second kappa shape index (κ2) is 7.12. The largest absolute Gasteiger partial charge is 0.504 e. The second-order valence-corrected chi connectivity index (χ2v) is 8.67. The van der Waals surface area contributed by atoms with E-state index in [9.17, 15) is 5.11 Å². The molecule has 0 unspecified atom stereocenters. The maximum absolute atomic E-state index is 10.2. The fraction of sp³-hybridized carbons (Fsp3) is 0.368. The van der Waals surface area contributed by atoms with Gasteiger partial charge in [0.15, 0.2) is 16.7 Å². The number of phenolic OH excluding ortho intramolecular Hbond substituents is 1. The molecule has 2 aliphatic heterocycles. The molecule has 136 valence electrons. The molecular formula is C19H20BrN3O2S. The number of hydrogen-bond acceptors (Lipinski definition) is 6. The minimum Gasteiger partial charge on any atom is -0.504 e. The minimum absolute atomic E-state index is 0.0199. The van der Waals surface area contributed by atoms with Gasteiger partial charge in [0.25, 0.3) is 0 Å². The Bertz CT molecular complexity index is 846. The number of phenols is 1. The summed E-state index contributed by atoms with van der Waals surface area (Å²) in [6.07, 6.45) is 1.81. The number of pyridine rings is 1. The van der Waals surface area contributed by atoms with Gasteiger partial charge in [0.1, 0.15) is 6.04 Å². The molecule has 4 rings (SSSR count). The molecule has 1 saturated heterocycles. The molecule has 26 heavy (non-hydrogen) atoms. The van der Waals surface area contributed by atoms with Crippen molar-refractivity contribution in [1.82, 2.24) is 9.88 Å². The van der Waals surface area contributed by atoms with E-state index >= 15 is 0 Å². The van der Waals surface area contributed by atoms with Crippen LogP contribution >= 0.6 is 27.7 Å². The van der Waals surface area contributed by atoms with Crippen LogP contribution < -0.4 is 4.74 Å². The molecule has 3 atom stereocenters. The lowest BCUT2D eigenvalue weighted by molar-refractivity contribution is 0.306. The molecule has 2 aromatic rings. The molecule has 0 bridgehead atoms. The van der Waals surface area contributed by atoms with E-state index in [0.29, 0.717) is 17.6 Å². The van der Waals surface area contributed by atoms with Gasteiger partial charge in [-0.3, -0.25) is 9.98 Å². The number of thioether (sulfide) groups is 1. The van der Waals surface area contributed by atoms with Crippen molar-refractivity contribution in [2.45, 2.75) is 31.2 Å². The van der Waals surface area contributed by atoms with Crippen LogP contribution in [0.15, 0.2) is 46.0 Å². The summed E-state index contributed by atoms with van der Waals surface area (Å²) in [6, 6.07) is 9.51. The van der Waals surface area contributed by atoms with E-state index in [4.69, 9.17) is 9.73 Å². The molecule has 0 saturated carbocycles. The summed E-state index contributed by atoms with van der Waals surface area (Å²) in [7, 11) is 0. The van der Waals surface area contributed by atoms with Crippen molar-refractivity contribution < 1.29 is 9.84 Å². The highest BCUT2D eigenvalue weighted by atomic mass is 79.9. The zero-order valence-corrected chi connectivity index (χ0v) is 17.0. The third kappa shape index (κ3) is 3.07. The van der Waals surface area contributed by atoms with Gasteiger partial charge in [-0.1, -0.05) is 40.7 Å². The van der Waals surface area contributed by atoms with Crippen LogP contribution in [-0.4, -0.2) is 38.6 Å². The molecule has 1 N–H and O–H groups in total. The van der Waals surface area contributed by atoms with Gasteiger partial charge in [-0.15, -0.1) is 0 Å². The van der Waals surface area contributed by atoms with Crippen LogP contribution in [0, 0.1) is 0 Å². The van der Waals surface area contributed by atoms with Crippen LogP contribution in [0.5, 0.6) is 11.5 Å². The number of aromatic hydroxyl groups is 1. The fourth-order valence-electron chi connectivity index (χ4n) is 3.51. The van der Waals surface area contributed by atoms with Crippen molar-refractivity contribution in [3.05, 3.63) is 52.3 Å². The van der Waals surface area contributed by atoms with Crippen molar-refractivity contribution in [3.63, 3.8) is 0 Å². The molecule has 1 fully saturated rings. The van der Waals surface area contributed by atoms with Crippen LogP contribution in [-0.2, 0) is 0 Å². The van der Waals surface area contributed by atoms with Crippen molar-refractivity contribution in [2.75, 3.05) is 13.2 Å². The summed E-state index contributed by atoms with van der Waals surface area (Å²) in [6.45, 7) is 5.57. The molecule has 0 radical (unpaired) electrons. The summed E-state index contributed by atoms with van der Waals surface area (Å²) in [5.41, 5.74) is 2.00. The molecule has 1 aromatic heterocycles. The number of fused-ring (bicyclic) bond motifs is 1. The maximum atomic E-state index is 10.2. The first kappa shape index (κ1) is 17.7. The smallest absolute Gasteiger partial charge is 0.161 e. The molecule has 7 heteroatoms. The monoisotopic (exact) mass is 433 g/mol. The van der Waals surface area contributed by atoms with E-state index in [1.165, 1.54) is 0 Å². The van der Waals surface area contributed by atoms with Crippen LogP contribution in [0.2, 0.25) is 0 Å². The second-order valence-electron chi connectivity index (χ2n) is 6.41. The number of halogens is 1. The molecule has 0 spiro atoms. The van der Waals surface area contributed by atoms with Gasteiger partial charge in [-0.25, -0.2) is 0 Å². The molecule has 1 aromatic carbocycles. The third-order valence-corrected chi connectivity index (χ3v) is 6.37. The highest BCUT2D eigenvalue weighted by Crippen LogP contribution is 2.50. The molecule has 0 amide bonds. The highest BCUT2D eigenvalue weighted by Gasteiger charge is 2.44. The van der Waals surface area contributed by atoms with Gasteiger partial charge in [-0.2, -0.15) is 0 Å². The normalized spacial score (nSPS) is 24.5. The number of ether oxygens (including phenoxy) is 1. The number of rotatable bonds is 4. The van der Waals surface area contributed by atoms with E-state index < -0.39 is 0 Å². The zero-order chi connectivity index (χ0) is 18.3. The Kier molecular flexibility index (Phi) is 4.84. The number of amidine groups is 1. The first-order valence-electron chi connectivity index (χ1n) is 8.65. The number of aromatic nitrogens is 1. The standard InChI is InChI=1S/C19H20BrN3O2S/c1-3-25-16-8-12(13(20)9-15(16)24)18-17(14-6-4-5-7-21-14)22-19-23(18)10-11(2)26-19/h4-9,11,17-18,24H,3,10H2,1-2H3/t11-,17+,18+/m0/s1. The number of benzene rings is 1. The Hall–Kier alpha value is -1.73. The predicted molar refractivity (Wildman–Crippen MR) is 108 cm³/mol. The van der Waals surface area contributed by atoms with Gasteiger partial charge in [0, 0.05) is 22.5 Å². The minimum atomic E-state index is -0.0819. The molecule has 3 heterocycles. The van der Waals surface area contributed by atoms with Gasteiger partial charge in [0.2, 0.25) is 0 Å². The summed E-state index contributed by atoms with van der Waals surface area (Å²) < 4.78 is 6.47. The summed E-state index contributed by atoms with van der Waals surface area (Å²) in [5.74, 6) is 0.638. The predicted octanol–water partition coefficient (Wildman–Crippen LogP) is 4.54. The fourth-order valence-corrected chi connectivity index (χ4v) is 5.17. The Morgan fingerprint density at radius 2 is 2.23 bits per heavy atom. The zero-order valence-electron chi connectivity index (χ0n) is 14.6. The summed E-state index contributed by atoms with van der Waals surface area (Å²) in [5, 5.41) is 11.8. The maximum Gasteiger partial charge on any atom is 0.161 e. The van der Waals surface area contributed by atoms with Gasteiger partial charge in [0.05, 0.1) is 18.3 Å². The number of hydrogen-bond donors (Lipinski definition) is 1. The Balaban J connectivity index is 1.81. The topological polar surface area (TPSA) is 58.0 Å². The first-order chi connectivity index (χ1) is 12.6. The van der Waals surface area contributed by atoms with Crippen molar-refractivity contribution >= 4 is 32.9 Å². The number of nitrogens with zero attached hydrogens (tertiary/aromatic N) is 3. The lowest BCUT2D eigenvalue weighted by Gasteiger charge is -2.28. The highest BCUT2D eigenvalue weighted by molar-refractivity contribution is 9.10. The Morgan fingerprint density at radius 1 is 1.38 bits per heavy atom. The Labute approximate surface area is 165 Å². The lowest BCUT2D eigenvalue weighted by Crippen LogP contribution is -2.28. The SMILES string of the molecule is CCOc1cc([C@@H]2[C@@H](c3ccccn3)N=C3S[C@@H](C)CN32)c(Br)cc1O. The average molecular weight is 434 g/mol. The quantitative estimate of drug-likeness (QED) is 0.766. The van der Waals surface area contributed by atoms with Crippen LogP contribution in [0.3, 0.4) is 0 Å². The van der Waals surface area contributed by atoms with E-state index in [1.807, 2.05) is 49.1 Å². The van der Waals surface area contributed by atoms with Crippen molar-refractivity contribution in [2.24, 2.45) is 4.99 Å². The van der Waals surface area contributed by atoms with E-state index in [1.54, 1.807) is 6.07 Å². The first-order valence-corrected chi connectivity index (χ1v) is 10.3. The lowest BCUT2D eigenvalue weighted by atomic mass is 9.96. The van der Waals surface area contributed by atoms with Gasteiger partial charge >= 0.3 is 0 Å². The summed E-state index contributed by atoms with van der Waals surface area (Å²) >= 11 is 5.44. The summed E-state index contributed by atoms with van der Waals surface area (Å²) in [4.78, 5) is 11.9. The van der Waals surface area contributed by atoms with E-state index in [-0.39, 0.29) is 17.8 Å². The van der Waals surface area contributed by atoms with E-state index in [0.717, 1.165) is 27.4 Å². The average Bonchev–Trinajstić information content (AvgIpc) is 3.14. The number of aliphatic imine (C=N–C) groups is 1. The van der Waals surface area contributed by atoms with Crippen LogP contribution in [0.1, 0.15) is 37.2 Å². The molecule has 2 aliphatic rings. The van der Waals surface area contributed by atoms with Gasteiger partial charge in [-0.05, 0) is 36.8 Å². The third-order valence-electron chi connectivity index (χ3n) is 4.58. The van der Waals surface area contributed by atoms with Crippen molar-refractivity contribution in [1.29, 1.82) is 0 Å². The van der Waals surface area contributed by atoms with Crippen LogP contribution in [0.25, 0.3) is 0 Å².